The molecule has 0 nitrogen and oxygen atoms in total. The summed E-state index contributed by atoms with van der Waals surface area (Å²) in [5.41, 5.74) is 0. The Bertz CT molecular complexity index is 130. The molecular weight excluding hydrogens is 168 g/mol. The van der Waals surface area contributed by atoms with E-state index in [9.17, 15) is 0 Å². The molecule has 0 rings (SSSR count). The Hall–Kier alpha value is -0.150. The first-order valence-electron chi connectivity index (χ1n) is 5.00. The Morgan fingerprint density at radius 2 is 1.50 bits per heavy atom. The molecule has 0 saturated heterocycles. The Balaban J connectivity index is 2.84. The number of halogens is 1. The third kappa shape index (κ3) is 9.85. The Morgan fingerprint density at radius 1 is 0.917 bits per heavy atom. The number of hydrogen-bond acceptors (Lipinski definition) is 0. The molecule has 1 heteroatoms. The van der Waals surface area contributed by atoms with Crippen LogP contribution in [0.15, 0.2) is 0 Å². The first-order valence-corrected chi connectivity index (χ1v) is 5.38. The third-order valence-corrected chi connectivity index (χ3v) is 2.11. The molecule has 0 aromatic rings. The molecule has 0 aliphatic rings. The monoisotopic (exact) mass is 186 g/mol. The van der Waals surface area contributed by atoms with Gasteiger partial charge in [-0.05, 0) is 18.0 Å². The summed E-state index contributed by atoms with van der Waals surface area (Å²) in [6.45, 7) is 2.25. The van der Waals surface area contributed by atoms with Crippen LogP contribution in [-0.4, -0.2) is 0 Å². The van der Waals surface area contributed by atoms with E-state index in [0.29, 0.717) is 0 Å². The zero-order valence-electron chi connectivity index (χ0n) is 8.03. The number of hydrogen-bond donors (Lipinski definition) is 0. The van der Waals surface area contributed by atoms with Gasteiger partial charge in [-0.1, -0.05) is 51.4 Å². The van der Waals surface area contributed by atoms with Gasteiger partial charge in [0.25, 0.3) is 0 Å². The van der Waals surface area contributed by atoms with Crippen LogP contribution in [-0.2, 0) is 0 Å². The predicted molar refractivity (Wildman–Crippen MR) is 56.2 cm³/mol. The smallest absolute Gasteiger partial charge is 0.0101 e. The minimum Gasteiger partial charge on any atom is -0.0859 e. The van der Waals surface area contributed by atoms with Crippen LogP contribution < -0.4 is 0 Å². The number of rotatable bonds is 7. The Kier molecular flexibility index (Phi) is 10.7. The van der Waals surface area contributed by atoms with Gasteiger partial charge in [0, 0.05) is 11.8 Å². The van der Waals surface area contributed by atoms with Crippen LogP contribution in [0, 0.1) is 11.3 Å². The minimum atomic E-state index is 0.970. The molecule has 0 aromatic carbocycles. The highest BCUT2D eigenvalue weighted by molar-refractivity contribution is 6.30. The summed E-state index contributed by atoms with van der Waals surface area (Å²) in [5.74, 6) is 2.87. The lowest BCUT2D eigenvalue weighted by Crippen LogP contribution is -1.78. The molecule has 0 heterocycles. The van der Waals surface area contributed by atoms with Crippen molar-refractivity contribution in [3.05, 3.63) is 0 Å². The molecule has 0 unspecified atom stereocenters. The van der Waals surface area contributed by atoms with E-state index < -0.39 is 0 Å². The topological polar surface area (TPSA) is 0 Å². The van der Waals surface area contributed by atoms with E-state index in [4.69, 9.17) is 11.6 Å². The lowest BCUT2D eigenvalue weighted by atomic mass is 10.1. The molecule has 0 radical (unpaired) electrons. The van der Waals surface area contributed by atoms with Crippen molar-refractivity contribution < 1.29 is 0 Å². The van der Waals surface area contributed by atoms with Crippen molar-refractivity contribution in [3.63, 3.8) is 0 Å². The van der Waals surface area contributed by atoms with Gasteiger partial charge >= 0.3 is 0 Å². The normalized spacial score (nSPS) is 9.17. The first-order chi connectivity index (χ1) is 5.91. The van der Waals surface area contributed by atoms with E-state index in [0.717, 1.165) is 6.42 Å². The van der Waals surface area contributed by atoms with Crippen molar-refractivity contribution in [2.45, 2.75) is 58.3 Å². The highest BCUT2D eigenvalue weighted by Gasteiger charge is 1.88. The van der Waals surface area contributed by atoms with E-state index >= 15 is 0 Å². The molecule has 0 fully saturated rings. The third-order valence-electron chi connectivity index (χ3n) is 1.97. The average Bonchev–Trinajstić information content (AvgIpc) is 2.10. The summed E-state index contributed by atoms with van der Waals surface area (Å²) < 4.78 is 0. The molecule has 12 heavy (non-hydrogen) atoms. The molecule has 70 valence electrons. The second kappa shape index (κ2) is 10.8. The maximum Gasteiger partial charge on any atom is 0.0101 e. The molecule has 0 spiro atoms. The summed E-state index contributed by atoms with van der Waals surface area (Å²) in [6.07, 6.45) is 10.4. The van der Waals surface area contributed by atoms with Crippen LogP contribution in [0.5, 0.6) is 0 Å². The fourth-order valence-electron chi connectivity index (χ4n) is 1.22. The van der Waals surface area contributed by atoms with Gasteiger partial charge in [-0.25, -0.2) is 0 Å². The molecule has 0 atom stereocenters. The zero-order valence-corrected chi connectivity index (χ0v) is 8.79. The van der Waals surface area contributed by atoms with Crippen molar-refractivity contribution in [1.82, 2.24) is 0 Å². The molecule has 0 aliphatic carbocycles. The summed E-state index contributed by atoms with van der Waals surface area (Å²) in [5, 5.41) is 2.40. The van der Waals surface area contributed by atoms with Crippen molar-refractivity contribution >= 4 is 11.6 Å². The van der Waals surface area contributed by atoms with Crippen molar-refractivity contribution in [2.24, 2.45) is 0 Å². The van der Waals surface area contributed by atoms with Crippen LogP contribution in [0.4, 0.5) is 0 Å². The van der Waals surface area contributed by atoms with Crippen LogP contribution >= 0.6 is 11.6 Å². The molecule has 0 N–H and O–H groups in total. The summed E-state index contributed by atoms with van der Waals surface area (Å²) in [4.78, 5) is 0. The number of unbranched alkanes of at least 4 members (excludes halogenated alkanes) is 7. The van der Waals surface area contributed by atoms with E-state index in [1.54, 1.807) is 0 Å². The van der Waals surface area contributed by atoms with Crippen LogP contribution in [0.2, 0.25) is 0 Å². The highest BCUT2D eigenvalue weighted by Crippen LogP contribution is 2.07. The lowest BCUT2D eigenvalue weighted by Gasteiger charge is -1.97. The summed E-state index contributed by atoms with van der Waals surface area (Å²) in [7, 11) is 0. The van der Waals surface area contributed by atoms with Crippen LogP contribution in [0.25, 0.3) is 0 Å². The maximum absolute atomic E-state index is 5.22. The minimum absolute atomic E-state index is 0.970. The van der Waals surface area contributed by atoms with Crippen molar-refractivity contribution in [2.75, 3.05) is 0 Å². The Labute approximate surface area is 81.7 Å². The van der Waals surface area contributed by atoms with Gasteiger partial charge in [-0.15, -0.1) is 0 Å². The quantitative estimate of drug-likeness (QED) is 0.410. The molecule has 0 amide bonds. The van der Waals surface area contributed by atoms with E-state index in [1.807, 2.05) is 0 Å². The van der Waals surface area contributed by atoms with E-state index in [1.165, 1.54) is 44.9 Å². The molecule has 0 bridgehead atoms. The standard InChI is InChI=1S/C11H19Cl/c1-2-3-4-5-6-7-8-9-10-11-12/h2-9H2,1H3. The maximum atomic E-state index is 5.22. The van der Waals surface area contributed by atoms with Crippen molar-refractivity contribution in [3.8, 4) is 11.3 Å². The molecule has 0 aliphatic heterocycles. The molecule has 0 aromatic heterocycles. The SMILES string of the molecule is CCCCCCCCCC#CCl. The predicted octanol–water partition coefficient (Wildman–Crippen LogP) is 4.33. The fourth-order valence-corrected chi connectivity index (χ4v) is 1.31. The first kappa shape index (κ1) is 11.8. The second-order valence-electron chi connectivity index (χ2n) is 3.14. The van der Waals surface area contributed by atoms with Crippen LogP contribution in [0.3, 0.4) is 0 Å². The fraction of sp³-hybridized carbons (Fsp3) is 0.818. The van der Waals surface area contributed by atoms with Gasteiger partial charge in [0.2, 0.25) is 0 Å². The zero-order chi connectivity index (χ0) is 9.07. The molecule has 0 saturated carbocycles. The Morgan fingerprint density at radius 3 is 2.08 bits per heavy atom. The summed E-state index contributed by atoms with van der Waals surface area (Å²) in [6, 6.07) is 0. The van der Waals surface area contributed by atoms with E-state index in [-0.39, 0.29) is 0 Å². The lowest BCUT2D eigenvalue weighted by molar-refractivity contribution is 0.594. The van der Waals surface area contributed by atoms with Crippen molar-refractivity contribution in [1.29, 1.82) is 0 Å². The van der Waals surface area contributed by atoms with Gasteiger partial charge in [-0.3, -0.25) is 0 Å². The van der Waals surface area contributed by atoms with E-state index in [2.05, 4.69) is 18.2 Å². The second-order valence-corrected chi connectivity index (χ2v) is 3.33. The molecular formula is C11H19Cl. The van der Waals surface area contributed by atoms with Gasteiger partial charge in [0.15, 0.2) is 0 Å². The van der Waals surface area contributed by atoms with Gasteiger partial charge in [0.1, 0.15) is 0 Å². The largest absolute Gasteiger partial charge is 0.0859 e. The van der Waals surface area contributed by atoms with Gasteiger partial charge in [0.05, 0.1) is 0 Å². The van der Waals surface area contributed by atoms with Gasteiger partial charge < -0.3 is 0 Å². The highest BCUT2D eigenvalue weighted by atomic mass is 35.5. The summed E-state index contributed by atoms with van der Waals surface area (Å²) >= 11 is 5.22. The van der Waals surface area contributed by atoms with Crippen LogP contribution in [0.1, 0.15) is 58.3 Å². The van der Waals surface area contributed by atoms with Gasteiger partial charge in [-0.2, -0.15) is 0 Å². The average molecular weight is 187 g/mol.